The maximum atomic E-state index is 13.2. The zero-order valence-electron chi connectivity index (χ0n) is 9.56. The topological polar surface area (TPSA) is 64.8 Å². The van der Waals surface area contributed by atoms with Gasteiger partial charge in [0, 0.05) is 18.5 Å². The Morgan fingerprint density at radius 2 is 2.05 bits per heavy atom. The molecular weight excluding hydrogens is 269 g/mol. The second kappa shape index (κ2) is 4.13. The van der Waals surface area contributed by atoms with E-state index in [0.29, 0.717) is 5.52 Å². The fourth-order valence-electron chi connectivity index (χ4n) is 1.76. The molecule has 3 rings (SSSR count). The summed E-state index contributed by atoms with van der Waals surface area (Å²) in [5.74, 6) is -0.518. The van der Waals surface area contributed by atoms with Gasteiger partial charge in [0.25, 0.3) is 10.0 Å². The summed E-state index contributed by atoms with van der Waals surface area (Å²) in [5, 5.41) is 0. The lowest BCUT2D eigenvalue weighted by Gasteiger charge is -2.05. The Kier molecular flexibility index (Phi) is 2.56. The normalized spacial score (nSPS) is 11.8. The van der Waals surface area contributed by atoms with Crippen LogP contribution in [0.25, 0.3) is 11.0 Å². The van der Waals surface area contributed by atoms with Crippen molar-refractivity contribution in [2.45, 2.75) is 4.90 Å². The summed E-state index contributed by atoms with van der Waals surface area (Å²) in [6, 6.07) is 6.74. The molecule has 0 amide bonds. The molecular formula is C12H8FN3O2S. The summed E-state index contributed by atoms with van der Waals surface area (Å²) >= 11 is 0. The third-order valence-electron chi connectivity index (χ3n) is 2.67. The lowest BCUT2D eigenvalue weighted by molar-refractivity contribution is 0.588. The van der Waals surface area contributed by atoms with Crippen molar-refractivity contribution in [2.24, 2.45) is 0 Å². The Morgan fingerprint density at radius 1 is 1.21 bits per heavy atom. The zero-order chi connectivity index (χ0) is 13.5. The van der Waals surface area contributed by atoms with Crippen LogP contribution in [0.3, 0.4) is 0 Å². The molecule has 0 fully saturated rings. The third-order valence-corrected chi connectivity index (χ3v) is 4.31. The Morgan fingerprint density at radius 3 is 2.79 bits per heavy atom. The van der Waals surface area contributed by atoms with E-state index < -0.39 is 15.8 Å². The maximum Gasteiger partial charge on any atom is 0.271 e. The Labute approximate surface area is 108 Å². The highest BCUT2D eigenvalue weighted by Gasteiger charge is 2.19. The molecule has 0 unspecified atom stereocenters. The van der Waals surface area contributed by atoms with Crippen LogP contribution in [-0.4, -0.2) is 22.4 Å². The molecule has 19 heavy (non-hydrogen) atoms. The lowest BCUT2D eigenvalue weighted by Crippen LogP contribution is -2.12. The highest BCUT2D eigenvalue weighted by atomic mass is 32.2. The first kappa shape index (κ1) is 11.8. The first-order valence-corrected chi connectivity index (χ1v) is 6.81. The Bertz CT molecular complexity index is 844. The Balaban J connectivity index is 2.28. The van der Waals surface area contributed by atoms with Crippen LogP contribution in [0, 0.1) is 5.82 Å². The van der Waals surface area contributed by atoms with Crippen LogP contribution >= 0.6 is 0 Å². The van der Waals surface area contributed by atoms with E-state index in [4.69, 9.17) is 0 Å². The number of hydrogen-bond donors (Lipinski definition) is 0. The second-order valence-electron chi connectivity index (χ2n) is 3.87. The van der Waals surface area contributed by atoms with E-state index in [1.165, 1.54) is 36.7 Å². The van der Waals surface area contributed by atoms with Gasteiger partial charge >= 0.3 is 0 Å². The van der Waals surface area contributed by atoms with Gasteiger partial charge in [-0.1, -0.05) is 0 Å². The first-order valence-electron chi connectivity index (χ1n) is 5.37. The first-order chi connectivity index (χ1) is 9.09. The number of fused-ring (bicyclic) bond motifs is 1. The fourth-order valence-corrected chi connectivity index (χ4v) is 3.01. The number of imidazole rings is 1. The minimum Gasteiger partial charge on any atom is -0.263 e. The van der Waals surface area contributed by atoms with Crippen molar-refractivity contribution >= 4 is 21.1 Å². The van der Waals surface area contributed by atoms with Gasteiger partial charge in [0.2, 0.25) is 0 Å². The molecule has 0 aliphatic rings. The summed E-state index contributed by atoms with van der Waals surface area (Å²) in [6.45, 7) is 0. The number of nitrogens with zero attached hydrogens (tertiary/aromatic N) is 3. The van der Waals surface area contributed by atoms with Crippen LogP contribution in [0.1, 0.15) is 0 Å². The number of rotatable bonds is 2. The molecule has 3 aromatic rings. The molecule has 7 heteroatoms. The average Bonchev–Trinajstić information content (AvgIpc) is 2.83. The molecule has 0 saturated heterocycles. The molecule has 0 saturated carbocycles. The molecule has 0 spiro atoms. The second-order valence-corrected chi connectivity index (χ2v) is 5.68. The average molecular weight is 277 g/mol. The summed E-state index contributed by atoms with van der Waals surface area (Å²) in [7, 11) is -3.81. The van der Waals surface area contributed by atoms with Crippen molar-refractivity contribution in [2.75, 3.05) is 0 Å². The fraction of sp³-hybridized carbons (Fsp3) is 0. The van der Waals surface area contributed by atoms with Crippen LogP contribution in [0.5, 0.6) is 0 Å². The predicted octanol–water partition coefficient (Wildman–Crippen LogP) is 1.81. The van der Waals surface area contributed by atoms with Crippen LogP contribution in [0.4, 0.5) is 4.39 Å². The highest BCUT2D eigenvalue weighted by Crippen LogP contribution is 2.20. The summed E-state index contributed by atoms with van der Waals surface area (Å²) in [6.07, 6.45) is 3.87. The number of pyridine rings is 1. The highest BCUT2D eigenvalue weighted by molar-refractivity contribution is 7.90. The van der Waals surface area contributed by atoms with E-state index >= 15 is 0 Å². The van der Waals surface area contributed by atoms with Gasteiger partial charge in [0.05, 0.1) is 11.0 Å². The van der Waals surface area contributed by atoms with Crippen molar-refractivity contribution < 1.29 is 12.8 Å². The summed E-state index contributed by atoms with van der Waals surface area (Å²) in [5.41, 5.74) is 0.609. The van der Waals surface area contributed by atoms with Crippen molar-refractivity contribution in [3.05, 3.63) is 54.9 Å². The van der Waals surface area contributed by atoms with E-state index in [9.17, 15) is 12.8 Å². The van der Waals surface area contributed by atoms with Crippen LogP contribution in [0.2, 0.25) is 0 Å². The molecule has 2 heterocycles. The summed E-state index contributed by atoms with van der Waals surface area (Å²) in [4.78, 5) is 7.75. The lowest BCUT2D eigenvalue weighted by atomic mass is 10.3. The van der Waals surface area contributed by atoms with E-state index in [-0.39, 0.29) is 10.4 Å². The van der Waals surface area contributed by atoms with Crippen molar-refractivity contribution in [1.29, 1.82) is 0 Å². The largest absolute Gasteiger partial charge is 0.271 e. The van der Waals surface area contributed by atoms with Crippen molar-refractivity contribution in [3.63, 3.8) is 0 Å². The van der Waals surface area contributed by atoms with Gasteiger partial charge < -0.3 is 0 Å². The molecule has 5 nitrogen and oxygen atoms in total. The smallest absolute Gasteiger partial charge is 0.263 e. The van der Waals surface area contributed by atoms with Gasteiger partial charge in [-0.3, -0.25) is 4.98 Å². The SMILES string of the molecule is O=S(=O)(c1cccnc1)n1cnc2ccc(F)cc21. The van der Waals surface area contributed by atoms with E-state index in [2.05, 4.69) is 9.97 Å². The van der Waals surface area contributed by atoms with Gasteiger partial charge in [-0.25, -0.2) is 21.8 Å². The molecule has 0 aliphatic heterocycles. The molecule has 0 radical (unpaired) electrons. The van der Waals surface area contributed by atoms with Gasteiger partial charge in [0.1, 0.15) is 17.0 Å². The third kappa shape index (κ3) is 1.88. The van der Waals surface area contributed by atoms with E-state index in [1.54, 1.807) is 0 Å². The molecule has 0 N–H and O–H groups in total. The summed E-state index contributed by atoms with van der Waals surface area (Å²) < 4.78 is 38.9. The minimum atomic E-state index is -3.81. The molecule has 0 atom stereocenters. The monoisotopic (exact) mass is 277 g/mol. The van der Waals surface area contributed by atoms with Gasteiger partial charge in [-0.15, -0.1) is 0 Å². The minimum absolute atomic E-state index is 0.0264. The van der Waals surface area contributed by atoms with Crippen LogP contribution < -0.4 is 0 Å². The molecule has 0 bridgehead atoms. The molecule has 96 valence electrons. The number of hydrogen-bond acceptors (Lipinski definition) is 4. The van der Waals surface area contributed by atoms with Gasteiger partial charge in [-0.2, -0.15) is 0 Å². The van der Waals surface area contributed by atoms with Gasteiger partial charge in [-0.05, 0) is 24.3 Å². The van der Waals surface area contributed by atoms with E-state index in [1.807, 2.05) is 0 Å². The number of benzene rings is 1. The number of halogens is 1. The van der Waals surface area contributed by atoms with Crippen LogP contribution in [-0.2, 0) is 10.0 Å². The van der Waals surface area contributed by atoms with Gasteiger partial charge in [0.15, 0.2) is 0 Å². The molecule has 1 aromatic carbocycles. The predicted molar refractivity (Wildman–Crippen MR) is 66.5 cm³/mol. The quantitative estimate of drug-likeness (QED) is 0.716. The zero-order valence-corrected chi connectivity index (χ0v) is 10.4. The number of aromatic nitrogens is 3. The molecule has 0 aliphatic carbocycles. The van der Waals surface area contributed by atoms with E-state index in [0.717, 1.165) is 16.4 Å². The molecule has 2 aromatic heterocycles. The van der Waals surface area contributed by atoms with Crippen LogP contribution in [0.15, 0.2) is 53.9 Å². The Hall–Kier alpha value is -2.28. The standard InChI is InChI=1S/C12H8FN3O2S/c13-9-3-4-11-12(6-9)16(8-15-11)19(17,18)10-2-1-5-14-7-10/h1-8H. The maximum absolute atomic E-state index is 13.2. The van der Waals surface area contributed by atoms with Crippen molar-refractivity contribution in [1.82, 2.24) is 13.9 Å². The van der Waals surface area contributed by atoms with Crippen molar-refractivity contribution in [3.8, 4) is 0 Å².